The summed E-state index contributed by atoms with van der Waals surface area (Å²) in [5, 5.41) is 9.57. The molecule has 2 aromatic rings. The molecule has 0 spiro atoms. The minimum atomic E-state index is -0.157. The Labute approximate surface area is 188 Å². The highest BCUT2D eigenvalue weighted by atomic mass is 32.2. The van der Waals surface area contributed by atoms with Gasteiger partial charge in [0.1, 0.15) is 0 Å². The molecule has 3 heterocycles. The summed E-state index contributed by atoms with van der Waals surface area (Å²) in [6, 6.07) is 2.32. The van der Waals surface area contributed by atoms with Gasteiger partial charge in [-0.2, -0.15) is 0 Å². The fourth-order valence-electron chi connectivity index (χ4n) is 4.44. The molecule has 0 saturated carbocycles. The van der Waals surface area contributed by atoms with Crippen molar-refractivity contribution in [3.8, 4) is 10.7 Å². The second kappa shape index (κ2) is 9.40. The number of thioether (sulfide) groups is 1. The quantitative estimate of drug-likeness (QED) is 0.632. The van der Waals surface area contributed by atoms with E-state index in [-0.39, 0.29) is 11.2 Å². The number of aryl methyl sites for hydroxylation is 1. The molecule has 1 amide bonds. The summed E-state index contributed by atoms with van der Waals surface area (Å²) in [5.74, 6) is 1.94. The third kappa shape index (κ3) is 4.46. The van der Waals surface area contributed by atoms with Gasteiger partial charge in [-0.05, 0) is 50.3 Å². The average molecular weight is 448 g/mol. The number of carbonyl (C=O) groups excluding carboxylic acids is 1. The van der Waals surface area contributed by atoms with Gasteiger partial charge in [0, 0.05) is 38.1 Å². The number of thiophene rings is 1. The van der Waals surface area contributed by atoms with Crippen LogP contribution in [0.15, 0.2) is 11.2 Å². The standard InChI is InChI=1S/C22H33N5OS2/c1-5-16-7-8-18-17(13-16)14-19(30-18)20-23-24-22(25(20)4)29-15(3)21(28)27-11-9-26(6-2)10-12-27/h14-16H,5-13H2,1-4H3. The van der Waals surface area contributed by atoms with Gasteiger partial charge < -0.3 is 14.4 Å². The molecule has 0 radical (unpaired) electrons. The number of rotatable bonds is 6. The van der Waals surface area contributed by atoms with Gasteiger partial charge in [-0.15, -0.1) is 21.5 Å². The lowest BCUT2D eigenvalue weighted by molar-refractivity contribution is -0.132. The Morgan fingerprint density at radius 2 is 2.03 bits per heavy atom. The van der Waals surface area contributed by atoms with Crippen molar-refractivity contribution >= 4 is 29.0 Å². The van der Waals surface area contributed by atoms with Crippen molar-refractivity contribution in [2.75, 3.05) is 32.7 Å². The van der Waals surface area contributed by atoms with E-state index < -0.39 is 0 Å². The smallest absolute Gasteiger partial charge is 0.235 e. The molecule has 164 valence electrons. The number of nitrogens with zero attached hydrogens (tertiary/aromatic N) is 5. The molecule has 8 heteroatoms. The molecule has 2 aromatic heterocycles. The summed E-state index contributed by atoms with van der Waals surface area (Å²) in [6.45, 7) is 11.1. The Morgan fingerprint density at radius 3 is 2.73 bits per heavy atom. The molecule has 1 aliphatic heterocycles. The molecule has 1 fully saturated rings. The number of amides is 1. The first-order valence-corrected chi connectivity index (χ1v) is 12.9. The van der Waals surface area contributed by atoms with E-state index in [1.165, 1.54) is 52.8 Å². The fraction of sp³-hybridized carbons (Fsp3) is 0.682. The largest absolute Gasteiger partial charge is 0.339 e. The highest BCUT2D eigenvalue weighted by molar-refractivity contribution is 8.00. The van der Waals surface area contributed by atoms with Crippen LogP contribution in [-0.2, 0) is 24.7 Å². The van der Waals surface area contributed by atoms with E-state index in [0.717, 1.165) is 49.6 Å². The van der Waals surface area contributed by atoms with Gasteiger partial charge in [0.2, 0.25) is 5.91 Å². The molecular formula is C22H33N5OS2. The molecule has 0 bridgehead atoms. The predicted octanol–water partition coefficient (Wildman–Crippen LogP) is 3.70. The van der Waals surface area contributed by atoms with Crippen LogP contribution in [0.25, 0.3) is 10.7 Å². The summed E-state index contributed by atoms with van der Waals surface area (Å²) in [5.41, 5.74) is 1.50. The van der Waals surface area contributed by atoms with E-state index in [4.69, 9.17) is 0 Å². The Kier molecular flexibility index (Phi) is 6.85. The van der Waals surface area contributed by atoms with Crippen LogP contribution in [-0.4, -0.2) is 68.4 Å². The number of fused-ring (bicyclic) bond motifs is 1. The van der Waals surface area contributed by atoms with Crippen molar-refractivity contribution in [2.45, 2.75) is 56.9 Å². The molecule has 0 N–H and O–H groups in total. The molecule has 1 aliphatic carbocycles. The van der Waals surface area contributed by atoms with E-state index in [1.807, 2.05) is 30.2 Å². The van der Waals surface area contributed by atoms with Crippen molar-refractivity contribution < 1.29 is 4.79 Å². The molecule has 2 aliphatic rings. The van der Waals surface area contributed by atoms with Crippen LogP contribution in [0.5, 0.6) is 0 Å². The third-order valence-electron chi connectivity index (χ3n) is 6.58. The van der Waals surface area contributed by atoms with E-state index in [0.29, 0.717) is 0 Å². The Morgan fingerprint density at radius 1 is 1.27 bits per heavy atom. The second-order valence-corrected chi connectivity index (χ2v) is 10.9. The fourth-order valence-corrected chi connectivity index (χ4v) is 6.57. The summed E-state index contributed by atoms with van der Waals surface area (Å²) in [4.78, 5) is 20.0. The van der Waals surface area contributed by atoms with E-state index >= 15 is 0 Å². The maximum Gasteiger partial charge on any atom is 0.235 e. The molecule has 0 aromatic carbocycles. The number of hydrogen-bond acceptors (Lipinski definition) is 6. The number of likely N-dealkylation sites (N-methyl/N-ethyl adjacent to an activating group) is 1. The summed E-state index contributed by atoms with van der Waals surface area (Å²) in [6.07, 6.45) is 4.94. The maximum atomic E-state index is 12.9. The molecule has 4 rings (SSSR count). The Balaban J connectivity index is 1.42. The van der Waals surface area contributed by atoms with Gasteiger partial charge in [-0.1, -0.05) is 32.0 Å². The van der Waals surface area contributed by atoms with Gasteiger partial charge in [0.25, 0.3) is 0 Å². The van der Waals surface area contributed by atoms with Crippen LogP contribution in [0, 0.1) is 5.92 Å². The first-order chi connectivity index (χ1) is 14.5. The number of aromatic nitrogens is 3. The van der Waals surface area contributed by atoms with Crippen molar-refractivity contribution in [2.24, 2.45) is 13.0 Å². The van der Waals surface area contributed by atoms with E-state index in [9.17, 15) is 4.79 Å². The van der Waals surface area contributed by atoms with Crippen LogP contribution < -0.4 is 0 Å². The third-order valence-corrected chi connectivity index (χ3v) is 8.93. The minimum absolute atomic E-state index is 0.157. The minimum Gasteiger partial charge on any atom is -0.339 e. The lowest BCUT2D eigenvalue weighted by Gasteiger charge is -2.35. The van der Waals surface area contributed by atoms with Crippen molar-refractivity contribution in [1.82, 2.24) is 24.6 Å². The normalized spacial score (nSPS) is 20.9. The number of hydrogen-bond donors (Lipinski definition) is 0. The molecule has 2 atom stereocenters. The Bertz CT molecular complexity index is 884. The first kappa shape index (κ1) is 21.8. The van der Waals surface area contributed by atoms with Gasteiger partial charge in [-0.25, -0.2) is 0 Å². The van der Waals surface area contributed by atoms with Crippen molar-refractivity contribution in [1.29, 1.82) is 0 Å². The molecule has 30 heavy (non-hydrogen) atoms. The zero-order valence-electron chi connectivity index (χ0n) is 18.6. The lowest BCUT2D eigenvalue weighted by Crippen LogP contribution is -2.50. The van der Waals surface area contributed by atoms with Gasteiger partial charge in [0.05, 0.1) is 10.1 Å². The molecule has 2 unspecified atom stereocenters. The van der Waals surface area contributed by atoms with Gasteiger partial charge in [-0.3, -0.25) is 4.79 Å². The molecule has 6 nitrogen and oxygen atoms in total. The van der Waals surface area contributed by atoms with Crippen LogP contribution >= 0.6 is 23.1 Å². The zero-order chi connectivity index (χ0) is 21.3. The SMILES string of the molecule is CCC1CCc2sc(-c3nnc(SC(C)C(=O)N4CCN(CC)CC4)n3C)cc2C1. The highest BCUT2D eigenvalue weighted by Gasteiger charge is 2.27. The summed E-state index contributed by atoms with van der Waals surface area (Å²) in [7, 11) is 2.02. The van der Waals surface area contributed by atoms with Crippen LogP contribution in [0.1, 0.15) is 44.1 Å². The average Bonchev–Trinajstić information content (AvgIpc) is 3.35. The number of piperazine rings is 1. The second-order valence-electron chi connectivity index (χ2n) is 8.46. The topological polar surface area (TPSA) is 54.3 Å². The lowest BCUT2D eigenvalue weighted by atomic mass is 9.87. The van der Waals surface area contributed by atoms with Crippen LogP contribution in [0.3, 0.4) is 0 Å². The number of carbonyl (C=O) groups is 1. The van der Waals surface area contributed by atoms with Crippen molar-refractivity contribution in [3.05, 3.63) is 16.5 Å². The van der Waals surface area contributed by atoms with Crippen LogP contribution in [0.2, 0.25) is 0 Å². The van der Waals surface area contributed by atoms with E-state index in [1.54, 1.807) is 0 Å². The zero-order valence-corrected chi connectivity index (χ0v) is 20.2. The predicted molar refractivity (Wildman–Crippen MR) is 124 cm³/mol. The monoisotopic (exact) mass is 447 g/mol. The molecule has 1 saturated heterocycles. The van der Waals surface area contributed by atoms with Gasteiger partial charge >= 0.3 is 0 Å². The van der Waals surface area contributed by atoms with Gasteiger partial charge in [0.15, 0.2) is 11.0 Å². The summed E-state index contributed by atoms with van der Waals surface area (Å²) < 4.78 is 2.05. The molecular weight excluding hydrogens is 414 g/mol. The summed E-state index contributed by atoms with van der Waals surface area (Å²) >= 11 is 3.39. The first-order valence-electron chi connectivity index (χ1n) is 11.2. The van der Waals surface area contributed by atoms with E-state index in [2.05, 4.69) is 39.6 Å². The Hall–Kier alpha value is -1.38. The van der Waals surface area contributed by atoms with Crippen LogP contribution in [0.4, 0.5) is 0 Å². The van der Waals surface area contributed by atoms with Crippen molar-refractivity contribution in [3.63, 3.8) is 0 Å². The highest BCUT2D eigenvalue weighted by Crippen LogP contribution is 2.38. The maximum absolute atomic E-state index is 12.9.